The Labute approximate surface area is 146 Å². The number of nitrogens with one attached hydrogen (secondary N) is 3. The van der Waals surface area contributed by atoms with Crippen LogP contribution < -0.4 is 21.7 Å². The number of rotatable bonds is 10. The van der Waals surface area contributed by atoms with E-state index in [0.717, 1.165) is 0 Å². The van der Waals surface area contributed by atoms with E-state index >= 15 is 0 Å². The summed E-state index contributed by atoms with van der Waals surface area (Å²) in [6.07, 6.45) is 0. The van der Waals surface area contributed by atoms with Crippen molar-refractivity contribution in [3.63, 3.8) is 0 Å². The highest BCUT2D eigenvalue weighted by atomic mass is 16.4. The normalized spacial score (nSPS) is 14.6. The van der Waals surface area contributed by atoms with Crippen LogP contribution in [0.25, 0.3) is 0 Å². The minimum absolute atomic E-state index is 0.0938. The summed E-state index contributed by atoms with van der Waals surface area (Å²) in [5.41, 5.74) is 5.66. The van der Waals surface area contributed by atoms with Crippen LogP contribution in [0.2, 0.25) is 0 Å². The lowest BCUT2D eigenvalue weighted by atomic mass is 10.0. The first-order valence-corrected chi connectivity index (χ1v) is 7.97. The van der Waals surface area contributed by atoms with E-state index in [0.29, 0.717) is 0 Å². The summed E-state index contributed by atoms with van der Waals surface area (Å²) in [6, 6.07) is -3.23. The second-order valence-electron chi connectivity index (χ2n) is 6.36. The van der Waals surface area contributed by atoms with Gasteiger partial charge in [0.1, 0.15) is 12.1 Å². The fourth-order valence-corrected chi connectivity index (χ4v) is 1.79. The van der Waals surface area contributed by atoms with Gasteiger partial charge in [0.25, 0.3) is 0 Å². The van der Waals surface area contributed by atoms with E-state index in [1.54, 1.807) is 27.7 Å². The molecule has 25 heavy (non-hydrogen) atoms. The number of aliphatic carboxylic acids is 1. The number of carboxylic acids is 1. The summed E-state index contributed by atoms with van der Waals surface area (Å²) in [5, 5.41) is 24.7. The molecule has 0 aromatic heterocycles. The Bertz CT molecular complexity index is 494. The van der Waals surface area contributed by atoms with Crippen LogP contribution in [-0.4, -0.2) is 65.2 Å². The molecular formula is C15H28N4O6. The van der Waals surface area contributed by atoms with Gasteiger partial charge < -0.3 is 31.9 Å². The third-order valence-corrected chi connectivity index (χ3v) is 3.51. The van der Waals surface area contributed by atoms with Crippen LogP contribution in [0.5, 0.6) is 0 Å². The number of aliphatic hydroxyl groups is 1. The van der Waals surface area contributed by atoms with Crippen LogP contribution in [0.1, 0.15) is 27.7 Å². The lowest BCUT2D eigenvalue weighted by Gasteiger charge is -2.23. The average Bonchev–Trinajstić information content (AvgIpc) is 2.53. The monoisotopic (exact) mass is 360 g/mol. The number of nitrogens with two attached hydrogens (primary N) is 1. The van der Waals surface area contributed by atoms with Crippen molar-refractivity contribution >= 4 is 23.7 Å². The van der Waals surface area contributed by atoms with Gasteiger partial charge in [-0.05, 0) is 11.8 Å². The first-order valence-electron chi connectivity index (χ1n) is 7.97. The Morgan fingerprint density at radius 3 is 1.92 bits per heavy atom. The van der Waals surface area contributed by atoms with E-state index in [4.69, 9.17) is 15.9 Å². The molecule has 0 aliphatic carbocycles. The molecule has 0 bridgehead atoms. The summed E-state index contributed by atoms with van der Waals surface area (Å²) in [4.78, 5) is 46.6. The zero-order valence-corrected chi connectivity index (χ0v) is 14.9. The maximum Gasteiger partial charge on any atom is 0.328 e. The predicted octanol–water partition coefficient (Wildman–Crippen LogP) is -2.21. The number of carboxylic acid groups (broad SMARTS) is 1. The van der Waals surface area contributed by atoms with E-state index in [1.165, 1.54) is 0 Å². The number of aliphatic hydroxyl groups excluding tert-OH is 1. The minimum atomic E-state index is -1.46. The molecule has 3 amide bonds. The van der Waals surface area contributed by atoms with Crippen LogP contribution in [0.3, 0.4) is 0 Å². The Morgan fingerprint density at radius 1 is 0.960 bits per heavy atom. The highest BCUT2D eigenvalue weighted by Gasteiger charge is 2.28. The van der Waals surface area contributed by atoms with Crippen LogP contribution in [0.4, 0.5) is 0 Å². The van der Waals surface area contributed by atoms with Crippen molar-refractivity contribution in [3.05, 3.63) is 0 Å². The molecule has 7 N–H and O–H groups in total. The van der Waals surface area contributed by atoms with Gasteiger partial charge in [0.15, 0.2) is 0 Å². The van der Waals surface area contributed by atoms with Crippen molar-refractivity contribution in [3.8, 4) is 0 Å². The van der Waals surface area contributed by atoms with E-state index in [2.05, 4.69) is 16.0 Å². The van der Waals surface area contributed by atoms with Crippen molar-refractivity contribution in [2.45, 2.75) is 45.8 Å². The highest BCUT2D eigenvalue weighted by Crippen LogP contribution is 2.03. The summed E-state index contributed by atoms with van der Waals surface area (Å²) in [5.74, 6) is -3.67. The first-order chi connectivity index (χ1) is 11.5. The van der Waals surface area contributed by atoms with Crippen LogP contribution in [0.15, 0.2) is 0 Å². The Kier molecular flexibility index (Phi) is 9.69. The SMILES string of the molecule is CC(C)C(N)C(=O)NCC(=O)NC(C(=O)NC(CO)C(=O)O)C(C)C. The molecule has 0 fully saturated rings. The number of hydrogen-bond acceptors (Lipinski definition) is 6. The molecule has 0 heterocycles. The lowest BCUT2D eigenvalue weighted by molar-refractivity contribution is -0.143. The van der Waals surface area contributed by atoms with Crippen LogP contribution >= 0.6 is 0 Å². The van der Waals surface area contributed by atoms with Gasteiger partial charge in [0.2, 0.25) is 17.7 Å². The molecule has 0 aromatic rings. The zero-order chi connectivity index (χ0) is 19.7. The van der Waals surface area contributed by atoms with E-state index < -0.39 is 48.4 Å². The zero-order valence-electron chi connectivity index (χ0n) is 14.9. The van der Waals surface area contributed by atoms with Gasteiger partial charge >= 0.3 is 5.97 Å². The van der Waals surface area contributed by atoms with Gasteiger partial charge in [0, 0.05) is 0 Å². The molecule has 10 nitrogen and oxygen atoms in total. The standard InChI is InChI=1S/C15H28N4O6/c1-7(2)11(16)13(22)17-5-10(21)19-12(8(3)4)14(23)18-9(6-20)15(24)25/h7-9,11-12,20H,5-6,16H2,1-4H3,(H,17,22)(H,18,23)(H,19,21)(H,24,25). The number of hydrogen-bond donors (Lipinski definition) is 6. The van der Waals surface area contributed by atoms with Crippen molar-refractivity contribution in [1.29, 1.82) is 0 Å². The van der Waals surface area contributed by atoms with Gasteiger partial charge in [0.05, 0.1) is 19.2 Å². The topological polar surface area (TPSA) is 171 Å². The average molecular weight is 360 g/mol. The third-order valence-electron chi connectivity index (χ3n) is 3.51. The molecule has 0 aromatic carbocycles. The smallest absolute Gasteiger partial charge is 0.328 e. The third kappa shape index (κ3) is 7.94. The molecule has 0 radical (unpaired) electrons. The van der Waals surface area contributed by atoms with Crippen LogP contribution in [0, 0.1) is 11.8 Å². The quantitative estimate of drug-likeness (QED) is 0.256. The first kappa shape index (κ1) is 22.8. The fraction of sp³-hybridized carbons (Fsp3) is 0.733. The molecular weight excluding hydrogens is 332 g/mol. The summed E-state index contributed by atoms with van der Waals surface area (Å²) in [7, 11) is 0. The molecule has 3 unspecified atom stereocenters. The van der Waals surface area contributed by atoms with Gasteiger partial charge in [-0.2, -0.15) is 0 Å². The van der Waals surface area contributed by atoms with Gasteiger partial charge in [-0.15, -0.1) is 0 Å². The number of amides is 3. The van der Waals surface area contributed by atoms with Crippen molar-refractivity contribution < 1.29 is 29.4 Å². The van der Waals surface area contributed by atoms with Gasteiger partial charge in [-0.3, -0.25) is 14.4 Å². The maximum atomic E-state index is 12.1. The second-order valence-corrected chi connectivity index (χ2v) is 6.36. The van der Waals surface area contributed by atoms with Crippen molar-refractivity contribution in [1.82, 2.24) is 16.0 Å². The van der Waals surface area contributed by atoms with E-state index in [9.17, 15) is 19.2 Å². The highest BCUT2D eigenvalue weighted by molar-refractivity contribution is 5.92. The molecule has 0 aliphatic rings. The number of carbonyl (C=O) groups is 4. The van der Waals surface area contributed by atoms with Crippen molar-refractivity contribution in [2.24, 2.45) is 17.6 Å². The summed E-state index contributed by atoms with van der Waals surface area (Å²) < 4.78 is 0. The fourth-order valence-electron chi connectivity index (χ4n) is 1.79. The van der Waals surface area contributed by atoms with E-state index in [1.807, 2.05) is 0 Å². The second kappa shape index (κ2) is 10.6. The minimum Gasteiger partial charge on any atom is -0.480 e. The summed E-state index contributed by atoms with van der Waals surface area (Å²) >= 11 is 0. The van der Waals surface area contributed by atoms with Gasteiger partial charge in [-0.1, -0.05) is 27.7 Å². The van der Waals surface area contributed by atoms with Gasteiger partial charge in [-0.25, -0.2) is 4.79 Å². The largest absolute Gasteiger partial charge is 0.480 e. The molecule has 0 spiro atoms. The number of carbonyl (C=O) groups excluding carboxylic acids is 3. The lowest BCUT2D eigenvalue weighted by Crippen LogP contribution is -2.56. The molecule has 0 saturated heterocycles. The summed E-state index contributed by atoms with van der Waals surface area (Å²) in [6.45, 7) is 5.72. The van der Waals surface area contributed by atoms with Crippen LogP contribution in [-0.2, 0) is 19.2 Å². The Morgan fingerprint density at radius 2 is 1.52 bits per heavy atom. The molecule has 144 valence electrons. The molecule has 0 saturated carbocycles. The maximum absolute atomic E-state index is 12.1. The molecule has 0 rings (SSSR count). The Balaban J connectivity index is 4.70. The molecule has 0 aliphatic heterocycles. The van der Waals surface area contributed by atoms with Crippen molar-refractivity contribution in [2.75, 3.05) is 13.2 Å². The molecule has 3 atom stereocenters. The Hall–Kier alpha value is -2.20. The predicted molar refractivity (Wildman–Crippen MR) is 89.2 cm³/mol. The van der Waals surface area contributed by atoms with E-state index in [-0.39, 0.29) is 18.4 Å². The molecule has 10 heteroatoms.